The Balaban J connectivity index is 2.81. The van der Waals surface area contributed by atoms with Crippen LogP contribution >= 0.6 is 0 Å². The number of hydrogen-bond acceptors (Lipinski definition) is 6. The van der Waals surface area contributed by atoms with Crippen LogP contribution in [-0.4, -0.2) is 26.2 Å². The zero-order chi connectivity index (χ0) is 18.6. The van der Waals surface area contributed by atoms with Crippen molar-refractivity contribution < 1.29 is 23.5 Å². The summed E-state index contributed by atoms with van der Waals surface area (Å²) in [6, 6.07) is 4.31. The number of rotatable bonds is 3. The topological polar surface area (TPSA) is 79.6 Å². The molecular weight excluding hydrogens is 327 g/mol. The number of carbonyl (C=O) groups is 2. The fourth-order valence-corrected chi connectivity index (χ4v) is 2.41. The lowest BCUT2D eigenvalue weighted by Gasteiger charge is -2.24. The van der Waals surface area contributed by atoms with Gasteiger partial charge in [0.2, 0.25) is 0 Å². The van der Waals surface area contributed by atoms with Crippen molar-refractivity contribution in [2.45, 2.75) is 6.92 Å². The number of nitrogens with zero attached hydrogens (tertiary/aromatic N) is 2. The fraction of sp³-hybridized carbons (Fsp3) is 0.167. The van der Waals surface area contributed by atoms with E-state index in [0.717, 1.165) is 13.2 Å². The molecule has 0 fully saturated rings. The van der Waals surface area contributed by atoms with E-state index in [1.165, 1.54) is 36.4 Å². The van der Waals surface area contributed by atoms with E-state index in [9.17, 15) is 19.2 Å². The largest absolute Gasteiger partial charge is 0.465 e. The van der Waals surface area contributed by atoms with Gasteiger partial charge in [-0.05, 0) is 36.8 Å². The molecule has 0 saturated heterocycles. The first-order chi connectivity index (χ1) is 11.9. The van der Waals surface area contributed by atoms with Crippen LogP contribution in [-0.2, 0) is 19.1 Å². The van der Waals surface area contributed by atoms with Crippen molar-refractivity contribution in [1.29, 1.82) is 5.26 Å². The molecule has 1 aromatic rings. The normalized spacial score (nSPS) is 13.3. The van der Waals surface area contributed by atoms with Gasteiger partial charge in [0.1, 0.15) is 17.6 Å². The van der Waals surface area contributed by atoms with Crippen molar-refractivity contribution in [1.82, 2.24) is 0 Å². The highest BCUT2D eigenvalue weighted by molar-refractivity contribution is 6.05. The number of methoxy groups -OCH3 is 2. The molecule has 0 bridgehead atoms. The predicted octanol–water partition coefficient (Wildman–Crippen LogP) is 2.50. The Morgan fingerprint density at radius 3 is 2.44 bits per heavy atom. The third-order valence-electron chi connectivity index (χ3n) is 3.54. The zero-order valence-electron chi connectivity index (χ0n) is 13.9. The minimum atomic E-state index is -0.831. The molecular formula is C18H15FN2O4. The van der Waals surface area contributed by atoms with Crippen molar-refractivity contribution in [2.75, 3.05) is 19.1 Å². The van der Waals surface area contributed by atoms with Crippen molar-refractivity contribution in [3.05, 3.63) is 64.8 Å². The van der Waals surface area contributed by atoms with Crippen LogP contribution in [0.2, 0.25) is 0 Å². The van der Waals surface area contributed by atoms with Gasteiger partial charge in [-0.25, -0.2) is 14.0 Å². The van der Waals surface area contributed by atoms with Gasteiger partial charge in [0.05, 0.1) is 31.0 Å². The first kappa shape index (κ1) is 17.9. The molecule has 0 N–H and O–H groups in total. The van der Waals surface area contributed by atoms with Crippen molar-refractivity contribution in [3.8, 4) is 6.07 Å². The number of halogens is 1. The number of hydrogen-bond donors (Lipinski definition) is 0. The SMILES string of the molecule is COC(=O)C1=C(C(=O)OC)N(c2cc(F)cc(C)c2C#N)C=CC=C1. The molecule has 1 aliphatic rings. The quantitative estimate of drug-likeness (QED) is 0.785. The maximum atomic E-state index is 13.9. The van der Waals surface area contributed by atoms with Gasteiger partial charge in [-0.2, -0.15) is 5.26 Å². The summed E-state index contributed by atoms with van der Waals surface area (Å²) in [6.45, 7) is 1.58. The van der Waals surface area contributed by atoms with Crippen molar-refractivity contribution in [3.63, 3.8) is 0 Å². The molecule has 0 aliphatic carbocycles. The van der Waals surface area contributed by atoms with Gasteiger partial charge in [-0.1, -0.05) is 6.08 Å². The number of benzene rings is 1. The van der Waals surface area contributed by atoms with E-state index in [1.54, 1.807) is 13.0 Å². The number of carbonyl (C=O) groups excluding carboxylic acids is 2. The van der Waals surface area contributed by atoms with Crippen LogP contribution in [0.25, 0.3) is 0 Å². The van der Waals surface area contributed by atoms with E-state index in [0.29, 0.717) is 5.56 Å². The molecule has 7 heteroatoms. The van der Waals surface area contributed by atoms with Crippen molar-refractivity contribution >= 4 is 17.6 Å². The zero-order valence-corrected chi connectivity index (χ0v) is 13.9. The highest BCUT2D eigenvalue weighted by atomic mass is 19.1. The number of anilines is 1. The second-order valence-corrected chi connectivity index (χ2v) is 5.04. The van der Waals surface area contributed by atoms with Crippen LogP contribution in [0.4, 0.5) is 10.1 Å². The van der Waals surface area contributed by atoms with Gasteiger partial charge in [0, 0.05) is 6.20 Å². The Hall–Kier alpha value is -3.40. The molecule has 1 heterocycles. The molecule has 1 aromatic carbocycles. The third-order valence-corrected chi connectivity index (χ3v) is 3.54. The molecule has 0 radical (unpaired) electrons. The minimum Gasteiger partial charge on any atom is -0.465 e. The number of ether oxygens (including phenoxy) is 2. The van der Waals surface area contributed by atoms with Crippen LogP contribution in [0.5, 0.6) is 0 Å². The smallest absolute Gasteiger partial charge is 0.355 e. The Labute approximate surface area is 144 Å². The average Bonchev–Trinajstić information content (AvgIpc) is 2.82. The molecule has 6 nitrogen and oxygen atoms in total. The Morgan fingerprint density at radius 2 is 1.84 bits per heavy atom. The molecule has 0 spiro atoms. The number of aryl methyl sites for hydroxylation is 1. The lowest BCUT2D eigenvalue weighted by Crippen LogP contribution is -2.27. The predicted molar refractivity (Wildman–Crippen MR) is 87.7 cm³/mol. The monoisotopic (exact) mass is 342 g/mol. The van der Waals surface area contributed by atoms with Gasteiger partial charge in [-0.3, -0.25) is 0 Å². The van der Waals surface area contributed by atoms with Crippen molar-refractivity contribution in [2.24, 2.45) is 0 Å². The minimum absolute atomic E-state index is 0.0786. The van der Waals surface area contributed by atoms with Gasteiger partial charge >= 0.3 is 11.9 Å². The Bertz CT molecular complexity index is 863. The Morgan fingerprint density at radius 1 is 1.16 bits per heavy atom. The van der Waals surface area contributed by atoms with E-state index < -0.39 is 17.8 Å². The highest BCUT2D eigenvalue weighted by Gasteiger charge is 2.29. The summed E-state index contributed by atoms with van der Waals surface area (Å²) in [7, 11) is 2.33. The lowest BCUT2D eigenvalue weighted by molar-refractivity contribution is -0.139. The number of esters is 2. The maximum Gasteiger partial charge on any atom is 0.355 e. The van der Waals surface area contributed by atoms with E-state index in [2.05, 4.69) is 0 Å². The summed E-state index contributed by atoms with van der Waals surface area (Å²) >= 11 is 0. The second kappa shape index (κ2) is 7.45. The first-order valence-electron chi connectivity index (χ1n) is 7.19. The summed E-state index contributed by atoms with van der Waals surface area (Å²) in [5.74, 6) is -2.18. The fourth-order valence-electron chi connectivity index (χ4n) is 2.41. The molecule has 0 amide bonds. The molecule has 1 aliphatic heterocycles. The molecule has 25 heavy (non-hydrogen) atoms. The molecule has 0 atom stereocenters. The van der Waals surface area contributed by atoms with Crippen LogP contribution in [0.3, 0.4) is 0 Å². The number of allylic oxidation sites excluding steroid dienone is 2. The summed E-state index contributed by atoms with van der Waals surface area (Å²) in [6.07, 6.45) is 5.88. The molecule has 128 valence electrons. The summed E-state index contributed by atoms with van der Waals surface area (Å²) in [5, 5.41) is 9.43. The first-order valence-corrected chi connectivity index (χ1v) is 7.19. The van der Waals surface area contributed by atoms with Crippen LogP contribution in [0.1, 0.15) is 11.1 Å². The summed E-state index contributed by atoms with van der Waals surface area (Å²) < 4.78 is 23.4. The molecule has 0 aromatic heterocycles. The van der Waals surface area contributed by atoms with E-state index in [-0.39, 0.29) is 22.5 Å². The summed E-state index contributed by atoms with van der Waals surface area (Å²) in [4.78, 5) is 25.7. The van der Waals surface area contributed by atoms with Gasteiger partial charge < -0.3 is 14.4 Å². The van der Waals surface area contributed by atoms with Gasteiger partial charge in [0.15, 0.2) is 0 Å². The average molecular weight is 342 g/mol. The van der Waals surface area contributed by atoms with Crippen LogP contribution in [0.15, 0.2) is 47.8 Å². The molecule has 2 rings (SSSR count). The van der Waals surface area contributed by atoms with Crippen LogP contribution in [0, 0.1) is 24.1 Å². The van der Waals surface area contributed by atoms with Gasteiger partial charge in [0.25, 0.3) is 0 Å². The lowest BCUT2D eigenvalue weighted by atomic mass is 10.0. The maximum absolute atomic E-state index is 13.9. The number of nitriles is 1. The standard InChI is InChI=1S/C18H15FN2O4/c1-11-8-12(19)9-15(14(11)10-20)21-7-5-4-6-13(17(22)24-2)16(21)18(23)25-3/h4-9H,1-3H3. The van der Waals surface area contributed by atoms with E-state index in [1.807, 2.05) is 6.07 Å². The summed E-state index contributed by atoms with van der Waals surface area (Å²) in [5.41, 5.74) is 0.415. The molecule has 0 saturated carbocycles. The van der Waals surface area contributed by atoms with Crippen LogP contribution < -0.4 is 4.90 Å². The van der Waals surface area contributed by atoms with E-state index in [4.69, 9.17) is 9.47 Å². The second-order valence-electron chi connectivity index (χ2n) is 5.04. The Kier molecular flexibility index (Phi) is 5.35. The highest BCUT2D eigenvalue weighted by Crippen LogP contribution is 2.31. The third kappa shape index (κ3) is 3.43. The van der Waals surface area contributed by atoms with E-state index >= 15 is 0 Å². The van der Waals surface area contributed by atoms with Gasteiger partial charge in [-0.15, -0.1) is 0 Å². The molecule has 0 unspecified atom stereocenters.